The van der Waals surface area contributed by atoms with Crippen LogP contribution in [-0.4, -0.2) is 27.0 Å². The highest BCUT2D eigenvalue weighted by molar-refractivity contribution is 6.39. The number of carbonyl (C=O) groups is 3. The monoisotopic (exact) mass is 367 g/mol. The number of aromatic nitrogens is 2. The zero-order chi connectivity index (χ0) is 19.3. The summed E-state index contributed by atoms with van der Waals surface area (Å²) in [5.41, 5.74) is 2.00. The number of pyridine rings is 2. The predicted octanol–water partition coefficient (Wildman–Crippen LogP) is 3.37. The summed E-state index contributed by atoms with van der Waals surface area (Å²) in [7, 11) is 0. The maximum absolute atomic E-state index is 13.3. The number of rotatable bonds is 3. The van der Waals surface area contributed by atoms with Crippen LogP contribution in [0.15, 0.2) is 79.3 Å². The van der Waals surface area contributed by atoms with Gasteiger partial charge in [0, 0.05) is 24.2 Å². The van der Waals surface area contributed by atoms with Gasteiger partial charge in [0.25, 0.3) is 11.8 Å². The topological polar surface area (TPSA) is 71.8 Å². The van der Waals surface area contributed by atoms with Crippen LogP contribution in [0.1, 0.15) is 36.8 Å². The van der Waals surface area contributed by atoms with Crippen LogP contribution in [0, 0.1) is 0 Å². The van der Waals surface area contributed by atoms with E-state index in [1.807, 2.05) is 6.07 Å². The Morgan fingerprint density at radius 1 is 0.786 bits per heavy atom. The van der Waals surface area contributed by atoms with E-state index >= 15 is 0 Å². The molecule has 1 aliphatic rings. The lowest BCUT2D eigenvalue weighted by Crippen LogP contribution is -2.30. The molecule has 0 N–H and O–H groups in total. The Morgan fingerprint density at radius 2 is 1.46 bits per heavy atom. The van der Waals surface area contributed by atoms with Crippen LogP contribution in [-0.2, 0) is 0 Å². The zero-order valence-electron chi connectivity index (χ0n) is 14.6. The van der Waals surface area contributed by atoms with Crippen molar-refractivity contribution in [2.24, 2.45) is 0 Å². The normalized spacial score (nSPS) is 13.2. The van der Waals surface area contributed by atoms with Crippen molar-refractivity contribution in [1.29, 1.82) is 0 Å². The van der Waals surface area contributed by atoms with E-state index in [-0.39, 0.29) is 22.6 Å². The Labute approximate surface area is 159 Å². The maximum atomic E-state index is 13.3. The highest BCUT2D eigenvalue weighted by Crippen LogP contribution is 2.35. The predicted molar refractivity (Wildman–Crippen MR) is 103 cm³/mol. The molecule has 1 aromatic carbocycles. The number of ketones is 1. The minimum absolute atomic E-state index is 0.141. The molecule has 0 unspecified atom stereocenters. The van der Waals surface area contributed by atoms with E-state index in [2.05, 4.69) is 4.98 Å². The summed E-state index contributed by atoms with van der Waals surface area (Å²) >= 11 is 0. The number of para-hydroxylation sites is 1. The number of anilines is 1. The lowest BCUT2D eigenvalue weighted by molar-refractivity contribution is 0.0919. The molecule has 0 radical (unpaired) electrons. The fraction of sp³-hybridized carbons (Fsp3) is 0. The minimum Gasteiger partial charge on any atom is -0.312 e. The molecule has 0 saturated carbocycles. The number of fused-ring (bicyclic) bond motifs is 3. The van der Waals surface area contributed by atoms with Gasteiger partial charge >= 0.3 is 0 Å². The standard InChI is InChI=1S/C22H13N3O3/c26-20(14-9-11-23-12-10-14)19-18-17(16-8-4-5-13-24(16)19)21(27)25(22(18)28)15-6-2-1-3-7-15/h1-13H. The van der Waals surface area contributed by atoms with Gasteiger partial charge in [-0.25, -0.2) is 4.90 Å². The van der Waals surface area contributed by atoms with E-state index in [4.69, 9.17) is 0 Å². The van der Waals surface area contributed by atoms with Crippen LogP contribution in [0.3, 0.4) is 0 Å². The fourth-order valence-corrected chi connectivity index (χ4v) is 3.62. The number of imide groups is 1. The van der Waals surface area contributed by atoms with E-state index in [0.717, 1.165) is 4.90 Å². The van der Waals surface area contributed by atoms with Gasteiger partial charge in [0.1, 0.15) is 5.69 Å². The molecule has 0 fully saturated rings. The van der Waals surface area contributed by atoms with Gasteiger partial charge in [-0.3, -0.25) is 19.4 Å². The summed E-state index contributed by atoms with van der Waals surface area (Å²) in [5, 5.41) is 0. The van der Waals surface area contributed by atoms with Gasteiger partial charge in [-0.05, 0) is 36.4 Å². The van der Waals surface area contributed by atoms with Crippen LogP contribution in [0.25, 0.3) is 5.52 Å². The molecule has 3 aromatic heterocycles. The number of amides is 2. The first-order chi connectivity index (χ1) is 13.7. The molecule has 0 atom stereocenters. The van der Waals surface area contributed by atoms with Crippen molar-refractivity contribution in [3.8, 4) is 0 Å². The molecule has 2 amide bonds. The first-order valence-corrected chi connectivity index (χ1v) is 8.70. The number of nitrogens with zero attached hydrogens (tertiary/aromatic N) is 3. The van der Waals surface area contributed by atoms with Crippen molar-refractivity contribution in [2.45, 2.75) is 0 Å². The molecule has 134 valence electrons. The van der Waals surface area contributed by atoms with Gasteiger partial charge < -0.3 is 4.40 Å². The summed E-state index contributed by atoms with van der Waals surface area (Å²) in [6, 6.07) is 17.2. The van der Waals surface area contributed by atoms with Crippen molar-refractivity contribution in [2.75, 3.05) is 4.90 Å². The largest absolute Gasteiger partial charge is 0.312 e. The molecular weight excluding hydrogens is 354 g/mol. The Hall–Kier alpha value is -4.06. The maximum Gasteiger partial charge on any atom is 0.268 e. The first-order valence-electron chi connectivity index (χ1n) is 8.70. The number of benzene rings is 1. The minimum atomic E-state index is -0.493. The number of hydrogen-bond acceptors (Lipinski definition) is 4. The average molecular weight is 367 g/mol. The third-order valence-electron chi connectivity index (χ3n) is 4.85. The highest BCUT2D eigenvalue weighted by Gasteiger charge is 2.43. The van der Waals surface area contributed by atoms with Crippen molar-refractivity contribution in [1.82, 2.24) is 9.38 Å². The quantitative estimate of drug-likeness (QED) is 0.411. The molecule has 5 rings (SSSR count). The summed E-state index contributed by atoms with van der Waals surface area (Å²) in [5.74, 6) is -1.25. The molecule has 0 aliphatic carbocycles. The number of carbonyl (C=O) groups excluding carboxylic acids is 3. The molecule has 6 nitrogen and oxygen atoms in total. The third-order valence-corrected chi connectivity index (χ3v) is 4.85. The molecule has 4 heterocycles. The van der Waals surface area contributed by atoms with E-state index in [1.165, 1.54) is 12.4 Å². The van der Waals surface area contributed by atoms with Gasteiger partial charge in [0.15, 0.2) is 0 Å². The van der Waals surface area contributed by atoms with E-state index in [1.54, 1.807) is 65.2 Å². The lowest BCUT2D eigenvalue weighted by Gasteiger charge is -2.15. The van der Waals surface area contributed by atoms with Gasteiger partial charge in [-0.15, -0.1) is 0 Å². The van der Waals surface area contributed by atoms with Gasteiger partial charge in [0.05, 0.1) is 22.3 Å². The molecule has 6 heteroatoms. The van der Waals surface area contributed by atoms with Crippen LogP contribution in [0.5, 0.6) is 0 Å². The second-order valence-corrected chi connectivity index (χ2v) is 6.40. The van der Waals surface area contributed by atoms with Gasteiger partial charge in [0.2, 0.25) is 5.78 Å². The molecule has 0 spiro atoms. The zero-order valence-corrected chi connectivity index (χ0v) is 14.6. The SMILES string of the molecule is O=C(c1ccncc1)c1c2c(c3ccccn13)C(=O)N(c1ccccc1)C2=O. The van der Waals surface area contributed by atoms with E-state index in [9.17, 15) is 14.4 Å². The summed E-state index contributed by atoms with van der Waals surface area (Å²) in [4.78, 5) is 44.7. The molecule has 4 aromatic rings. The smallest absolute Gasteiger partial charge is 0.268 e. The average Bonchev–Trinajstić information content (AvgIpc) is 3.22. The number of hydrogen-bond donors (Lipinski definition) is 0. The molecule has 0 bridgehead atoms. The summed E-state index contributed by atoms with van der Waals surface area (Å²) < 4.78 is 1.62. The van der Waals surface area contributed by atoms with Crippen LogP contribution >= 0.6 is 0 Å². The Bertz CT molecular complexity index is 1260. The molecule has 28 heavy (non-hydrogen) atoms. The second-order valence-electron chi connectivity index (χ2n) is 6.40. The lowest BCUT2D eigenvalue weighted by atomic mass is 10.0. The van der Waals surface area contributed by atoms with Crippen molar-refractivity contribution in [3.05, 3.63) is 102 Å². The van der Waals surface area contributed by atoms with E-state index < -0.39 is 11.8 Å². The third kappa shape index (κ3) is 2.15. The fourth-order valence-electron chi connectivity index (χ4n) is 3.62. The van der Waals surface area contributed by atoms with Crippen LogP contribution < -0.4 is 4.90 Å². The van der Waals surface area contributed by atoms with Crippen molar-refractivity contribution in [3.63, 3.8) is 0 Å². The molecule has 1 aliphatic heterocycles. The summed E-state index contributed by atoms with van der Waals surface area (Å²) in [6.45, 7) is 0. The van der Waals surface area contributed by atoms with Crippen LogP contribution in [0.4, 0.5) is 5.69 Å². The van der Waals surface area contributed by atoms with Crippen molar-refractivity contribution >= 4 is 28.8 Å². The van der Waals surface area contributed by atoms with Gasteiger partial charge in [-0.1, -0.05) is 24.3 Å². The van der Waals surface area contributed by atoms with E-state index in [0.29, 0.717) is 16.8 Å². The van der Waals surface area contributed by atoms with Gasteiger partial charge in [-0.2, -0.15) is 0 Å². The Balaban J connectivity index is 1.77. The molecular formula is C22H13N3O3. The highest BCUT2D eigenvalue weighted by atomic mass is 16.2. The van der Waals surface area contributed by atoms with Crippen LogP contribution in [0.2, 0.25) is 0 Å². The van der Waals surface area contributed by atoms with Crippen molar-refractivity contribution < 1.29 is 14.4 Å². The Morgan fingerprint density at radius 3 is 2.21 bits per heavy atom. The summed E-state index contributed by atoms with van der Waals surface area (Å²) in [6.07, 6.45) is 4.73. The second kappa shape index (κ2) is 5.99. The molecule has 0 saturated heterocycles. The Kier molecular flexibility index (Phi) is 3.45. The first kappa shape index (κ1) is 16.1.